The molecule has 10 heteroatoms. The molecule has 0 bridgehead atoms. The summed E-state index contributed by atoms with van der Waals surface area (Å²) in [7, 11) is 0. The molecule has 28 heavy (non-hydrogen) atoms. The minimum atomic E-state index is -4.69. The summed E-state index contributed by atoms with van der Waals surface area (Å²) in [6, 6.07) is 6.55. The first-order valence-corrected chi connectivity index (χ1v) is 8.83. The van der Waals surface area contributed by atoms with Crippen LogP contribution in [0.1, 0.15) is 31.7 Å². The molecule has 152 valence electrons. The van der Waals surface area contributed by atoms with Gasteiger partial charge < -0.3 is 18.9 Å². The van der Waals surface area contributed by atoms with Crippen molar-refractivity contribution in [1.29, 1.82) is 0 Å². The van der Waals surface area contributed by atoms with Gasteiger partial charge >= 0.3 is 12.1 Å². The summed E-state index contributed by atoms with van der Waals surface area (Å²) in [6.45, 7) is 4.98. The Morgan fingerprint density at radius 1 is 1.25 bits per heavy atom. The number of amides is 1. The summed E-state index contributed by atoms with van der Waals surface area (Å²) in [4.78, 5) is 17.7. The van der Waals surface area contributed by atoms with Crippen LogP contribution < -0.4 is 0 Å². The highest BCUT2D eigenvalue weighted by Gasteiger charge is 2.38. The molecule has 1 unspecified atom stereocenters. The van der Waals surface area contributed by atoms with Gasteiger partial charge in [0, 0.05) is 18.2 Å². The van der Waals surface area contributed by atoms with E-state index in [1.54, 1.807) is 29.2 Å². The fraction of sp³-hybridized carbons (Fsp3) is 0.500. The lowest BCUT2D eigenvalue weighted by Gasteiger charge is -2.30. The van der Waals surface area contributed by atoms with Crippen molar-refractivity contribution in [3.63, 3.8) is 0 Å². The zero-order chi connectivity index (χ0) is 20.3. The zero-order valence-corrected chi connectivity index (χ0v) is 15.4. The number of aromatic nitrogens is 2. The van der Waals surface area contributed by atoms with E-state index in [0.29, 0.717) is 25.3 Å². The molecule has 1 atom stereocenters. The van der Waals surface area contributed by atoms with Crippen molar-refractivity contribution in [3.05, 3.63) is 35.7 Å². The van der Waals surface area contributed by atoms with Gasteiger partial charge in [-0.05, 0) is 18.9 Å². The van der Waals surface area contributed by atoms with Crippen LogP contribution in [0.2, 0.25) is 0 Å². The van der Waals surface area contributed by atoms with E-state index in [1.165, 1.54) is 0 Å². The molecule has 1 aliphatic rings. The summed E-state index contributed by atoms with van der Waals surface area (Å²) < 4.78 is 52.6. The van der Waals surface area contributed by atoms with Crippen LogP contribution in [0.15, 0.2) is 28.8 Å². The highest BCUT2D eigenvalue weighted by Crippen LogP contribution is 2.29. The maximum absolute atomic E-state index is 12.7. The van der Waals surface area contributed by atoms with E-state index in [0.717, 1.165) is 12.0 Å². The van der Waals surface area contributed by atoms with Crippen LogP contribution in [0.4, 0.5) is 13.2 Å². The fourth-order valence-electron chi connectivity index (χ4n) is 2.72. The molecule has 1 saturated heterocycles. The zero-order valence-electron chi connectivity index (χ0n) is 15.4. The van der Waals surface area contributed by atoms with Gasteiger partial charge in [0.25, 0.3) is 5.91 Å². The molecule has 1 aromatic carbocycles. The van der Waals surface area contributed by atoms with Gasteiger partial charge in [-0.25, -0.2) is 0 Å². The maximum atomic E-state index is 12.7. The highest BCUT2D eigenvalue weighted by atomic mass is 19.4. The molecule has 1 fully saturated rings. The Hall–Kier alpha value is -2.46. The summed E-state index contributed by atoms with van der Waals surface area (Å²) in [5, 5.41) is 3.36. The summed E-state index contributed by atoms with van der Waals surface area (Å²) in [6.07, 6.45) is -4.83. The number of carbonyl (C=O) groups excluding carboxylic acids is 1. The molecule has 0 aliphatic carbocycles. The second-order valence-electron chi connectivity index (χ2n) is 6.41. The van der Waals surface area contributed by atoms with Crippen molar-refractivity contribution < 1.29 is 32.0 Å². The van der Waals surface area contributed by atoms with Crippen LogP contribution in [-0.4, -0.2) is 46.5 Å². The van der Waals surface area contributed by atoms with E-state index < -0.39 is 18.4 Å². The van der Waals surface area contributed by atoms with Gasteiger partial charge in [-0.1, -0.05) is 36.3 Å². The van der Waals surface area contributed by atoms with Gasteiger partial charge in [0.1, 0.15) is 0 Å². The Morgan fingerprint density at radius 3 is 2.43 bits per heavy atom. The van der Waals surface area contributed by atoms with E-state index in [1.807, 2.05) is 13.8 Å². The van der Waals surface area contributed by atoms with Gasteiger partial charge in [0.2, 0.25) is 12.1 Å². The van der Waals surface area contributed by atoms with Crippen molar-refractivity contribution >= 4 is 5.91 Å². The van der Waals surface area contributed by atoms with Gasteiger partial charge in [0.05, 0.1) is 13.2 Å². The lowest BCUT2D eigenvalue weighted by atomic mass is 10.1. The first-order chi connectivity index (χ1) is 13.3. The molecule has 0 N–H and O–H groups in total. The summed E-state index contributed by atoms with van der Waals surface area (Å²) in [5.74, 6) is -1.79. The fourth-order valence-corrected chi connectivity index (χ4v) is 2.72. The van der Waals surface area contributed by atoms with E-state index in [4.69, 9.17) is 9.47 Å². The van der Waals surface area contributed by atoms with Crippen LogP contribution >= 0.6 is 0 Å². The smallest absolute Gasteiger partial charge is 0.342 e. The summed E-state index contributed by atoms with van der Waals surface area (Å²) >= 11 is 0. The SMILES string of the molecule is CCC(C)N(Cc1ccc(-c2noc(C(F)(F)F)n2)cc1)C(=O)C1OCCO1. The molecule has 2 heterocycles. The van der Waals surface area contributed by atoms with E-state index in [2.05, 4.69) is 14.7 Å². The quantitative estimate of drug-likeness (QED) is 0.742. The number of benzene rings is 1. The molecule has 1 aromatic heterocycles. The van der Waals surface area contributed by atoms with E-state index in [9.17, 15) is 18.0 Å². The average molecular weight is 399 g/mol. The predicted octanol–water partition coefficient (Wildman–Crippen LogP) is 3.26. The first-order valence-electron chi connectivity index (χ1n) is 8.83. The third kappa shape index (κ3) is 4.50. The molecular formula is C18H20F3N3O4. The van der Waals surface area contributed by atoms with Crippen LogP contribution in [0, 0.1) is 0 Å². The topological polar surface area (TPSA) is 77.7 Å². The van der Waals surface area contributed by atoms with Gasteiger partial charge in [-0.3, -0.25) is 4.79 Å². The Balaban J connectivity index is 1.74. The number of carbonyl (C=O) groups is 1. The van der Waals surface area contributed by atoms with Crippen molar-refractivity contribution in [2.75, 3.05) is 13.2 Å². The number of halogens is 3. The standard InChI is InChI=1S/C18H20F3N3O4/c1-3-11(2)24(15(25)16-26-8-9-27-16)10-12-4-6-13(7-5-12)14-22-17(28-23-14)18(19,20)21/h4-7,11,16H,3,8-10H2,1-2H3. The number of ether oxygens (including phenoxy) is 2. The predicted molar refractivity (Wildman–Crippen MR) is 90.7 cm³/mol. The number of hydrogen-bond donors (Lipinski definition) is 0. The minimum Gasteiger partial charge on any atom is -0.342 e. The van der Waals surface area contributed by atoms with Crippen LogP contribution in [0.25, 0.3) is 11.4 Å². The normalized spacial score (nSPS) is 16.3. The molecule has 2 aromatic rings. The molecule has 1 aliphatic heterocycles. The molecule has 3 rings (SSSR count). The Bertz CT molecular complexity index is 801. The molecular weight excluding hydrogens is 379 g/mol. The number of rotatable bonds is 6. The molecule has 0 spiro atoms. The van der Waals surface area contributed by atoms with Gasteiger partial charge in [-0.2, -0.15) is 18.2 Å². The van der Waals surface area contributed by atoms with E-state index >= 15 is 0 Å². The lowest BCUT2D eigenvalue weighted by Crippen LogP contribution is -2.44. The van der Waals surface area contributed by atoms with Gasteiger partial charge in [-0.15, -0.1) is 0 Å². The number of hydrogen-bond acceptors (Lipinski definition) is 6. The minimum absolute atomic E-state index is 0.0356. The Labute approximate surface area is 159 Å². The second kappa shape index (κ2) is 8.27. The Kier molecular flexibility index (Phi) is 5.99. The third-order valence-corrected chi connectivity index (χ3v) is 4.46. The van der Waals surface area contributed by atoms with Gasteiger partial charge in [0.15, 0.2) is 0 Å². The summed E-state index contributed by atoms with van der Waals surface area (Å²) in [5.41, 5.74) is 1.18. The largest absolute Gasteiger partial charge is 0.471 e. The monoisotopic (exact) mass is 399 g/mol. The maximum Gasteiger partial charge on any atom is 0.471 e. The van der Waals surface area contributed by atoms with Crippen molar-refractivity contribution in [3.8, 4) is 11.4 Å². The Morgan fingerprint density at radius 2 is 1.89 bits per heavy atom. The molecule has 0 radical (unpaired) electrons. The highest BCUT2D eigenvalue weighted by molar-refractivity contribution is 5.80. The van der Waals surface area contributed by atoms with Crippen LogP contribution in [0.5, 0.6) is 0 Å². The lowest BCUT2D eigenvalue weighted by molar-refractivity contribution is -0.161. The van der Waals surface area contributed by atoms with Crippen LogP contribution in [0.3, 0.4) is 0 Å². The van der Waals surface area contributed by atoms with Crippen LogP contribution in [-0.2, 0) is 27.0 Å². The number of nitrogens with zero attached hydrogens (tertiary/aromatic N) is 3. The molecule has 1 amide bonds. The second-order valence-corrected chi connectivity index (χ2v) is 6.41. The van der Waals surface area contributed by atoms with Crippen molar-refractivity contribution in [2.24, 2.45) is 0 Å². The first kappa shape index (κ1) is 20.3. The van der Waals surface area contributed by atoms with E-state index in [-0.39, 0.29) is 17.8 Å². The molecule has 7 nitrogen and oxygen atoms in total. The number of alkyl halides is 3. The van der Waals surface area contributed by atoms with Crippen molar-refractivity contribution in [1.82, 2.24) is 15.0 Å². The third-order valence-electron chi connectivity index (χ3n) is 4.46. The van der Waals surface area contributed by atoms with Crippen molar-refractivity contribution in [2.45, 2.75) is 45.3 Å². The molecule has 0 saturated carbocycles. The average Bonchev–Trinajstić information content (AvgIpc) is 3.37.